The lowest BCUT2D eigenvalue weighted by atomic mass is 9.66. The van der Waals surface area contributed by atoms with Gasteiger partial charge in [0.05, 0.1) is 23.1 Å². The molecule has 0 unspecified atom stereocenters. The number of hydrogen-bond acceptors (Lipinski definition) is 2. The first-order valence-electron chi connectivity index (χ1n) is 7.61. The molecule has 0 bridgehead atoms. The van der Waals surface area contributed by atoms with Crippen LogP contribution in [0.2, 0.25) is 0 Å². The number of likely N-dealkylation sites (N-methyl/N-ethyl adjacent to an activating group) is 1. The number of fused-ring (bicyclic) bond motifs is 2. The van der Waals surface area contributed by atoms with Gasteiger partial charge in [0.1, 0.15) is 0 Å². The molecule has 0 aromatic heterocycles. The summed E-state index contributed by atoms with van der Waals surface area (Å²) in [6, 6.07) is 8.81. The Hall–Kier alpha value is -2.41. The van der Waals surface area contributed by atoms with Gasteiger partial charge in [0.25, 0.3) is 5.91 Å². The fourth-order valence-corrected chi connectivity index (χ4v) is 3.95. The second-order valence-corrected chi connectivity index (χ2v) is 6.50. The molecule has 2 aromatic carbocycles. The number of hydrogen-bond donors (Lipinski definition) is 0. The quantitative estimate of drug-likeness (QED) is 0.447. The van der Waals surface area contributed by atoms with Gasteiger partial charge in [-0.2, -0.15) is 0 Å². The van der Waals surface area contributed by atoms with E-state index in [1.807, 2.05) is 0 Å². The van der Waals surface area contributed by atoms with Gasteiger partial charge >= 0.3 is 0 Å². The molecule has 0 saturated carbocycles. The van der Waals surface area contributed by atoms with Crippen LogP contribution in [0, 0.1) is 23.3 Å². The van der Waals surface area contributed by atoms with Crippen LogP contribution in [0.5, 0.6) is 0 Å². The van der Waals surface area contributed by atoms with Crippen molar-refractivity contribution in [3.63, 3.8) is 0 Å². The van der Waals surface area contributed by atoms with Crippen LogP contribution in [0.4, 0.5) is 17.6 Å². The summed E-state index contributed by atoms with van der Waals surface area (Å²) in [7, 11) is 1.30. The van der Waals surface area contributed by atoms with Gasteiger partial charge in [-0.25, -0.2) is 17.6 Å². The van der Waals surface area contributed by atoms with Crippen molar-refractivity contribution in [3.05, 3.63) is 70.3 Å². The average Bonchev–Trinajstić information content (AvgIpc) is 2.87. The van der Waals surface area contributed by atoms with E-state index in [1.54, 1.807) is 37.3 Å². The van der Waals surface area contributed by atoms with Gasteiger partial charge < -0.3 is 9.64 Å². The van der Waals surface area contributed by atoms with Crippen LogP contribution < -0.4 is 0 Å². The van der Waals surface area contributed by atoms with E-state index < -0.39 is 51.4 Å². The van der Waals surface area contributed by atoms with Crippen LogP contribution >= 0.6 is 0 Å². The zero-order valence-electron chi connectivity index (χ0n) is 13.4. The minimum absolute atomic E-state index is 0.105. The number of carbonyl (C=O) groups is 1. The van der Waals surface area contributed by atoms with Crippen molar-refractivity contribution >= 4 is 5.91 Å². The summed E-state index contributed by atoms with van der Waals surface area (Å²) in [5.41, 5.74) is -3.39. The summed E-state index contributed by atoms with van der Waals surface area (Å²) < 4.78 is 62.0. The molecule has 0 N–H and O–H groups in total. The number of carbonyl (C=O) groups excluding carboxylic acids is 1. The fourth-order valence-electron chi connectivity index (χ4n) is 3.95. The standard InChI is InChI=1S/C18H13F4NO2/c1-17(9-6-4-3-5-7-9)8-25-18(17)11-10(16(24)23(18)2)12(19)14(21)15(22)13(11)20/h3-7H,8H2,1-2H3/t17-,18+/m1/s1. The van der Waals surface area contributed by atoms with Gasteiger partial charge in [0, 0.05) is 7.05 Å². The van der Waals surface area contributed by atoms with Gasteiger partial charge in [-0.05, 0) is 12.5 Å². The third-order valence-corrected chi connectivity index (χ3v) is 5.33. The molecule has 0 radical (unpaired) electrons. The predicted molar refractivity (Wildman–Crippen MR) is 79.8 cm³/mol. The normalized spacial score (nSPS) is 27.6. The van der Waals surface area contributed by atoms with Crippen LogP contribution in [0.25, 0.3) is 0 Å². The first kappa shape index (κ1) is 16.1. The Morgan fingerprint density at radius 2 is 1.60 bits per heavy atom. The van der Waals surface area contributed by atoms with Gasteiger partial charge in [0.15, 0.2) is 29.0 Å². The van der Waals surface area contributed by atoms with E-state index in [0.29, 0.717) is 5.56 Å². The van der Waals surface area contributed by atoms with E-state index in [4.69, 9.17) is 4.74 Å². The third-order valence-electron chi connectivity index (χ3n) is 5.33. The average molecular weight is 351 g/mol. The Morgan fingerprint density at radius 1 is 1.00 bits per heavy atom. The summed E-state index contributed by atoms with van der Waals surface area (Å²) >= 11 is 0. The first-order chi connectivity index (χ1) is 11.8. The van der Waals surface area contributed by atoms with Crippen LogP contribution in [0.3, 0.4) is 0 Å². The third kappa shape index (κ3) is 1.62. The molecule has 1 fully saturated rings. The van der Waals surface area contributed by atoms with Gasteiger partial charge in [0.2, 0.25) is 0 Å². The highest BCUT2D eigenvalue weighted by Crippen LogP contribution is 2.59. The molecule has 0 aliphatic carbocycles. The topological polar surface area (TPSA) is 29.5 Å². The Morgan fingerprint density at radius 3 is 2.16 bits per heavy atom. The monoisotopic (exact) mass is 351 g/mol. The lowest BCUT2D eigenvalue weighted by Gasteiger charge is -2.58. The van der Waals surface area contributed by atoms with E-state index >= 15 is 0 Å². The van der Waals surface area contributed by atoms with Crippen LogP contribution in [-0.4, -0.2) is 24.5 Å². The largest absolute Gasteiger partial charge is 0.349 e. The number of ether oxygens (including phenoxy) is 1. The fraction of sp³-hybridized carbons (Fsp3) is 0.278. The van der Waals surface area contributed by atoms with Crippen molar-refractivity contribution in [1.29, 1.82) is 0 Å². The lowest BCUT2D eigenvalue weighted by molar-refractivity contribution is -0.284. The predicted octanol–water partition coefficient (Wildman–Crippen LogP) is 3.47. The second-order valence-electron chi connectivity index (χ2n) is 6.50. The molecule has 4 rings (SSSR count). The molecule has 2 atom stereocenters. The van der Waals surface area contributed by atoms with Crippen LogP contribution in [-0.2, 0) is 15.9 Å². The van der Waals surface area contributed by atoms with Crippen LogP contribution in [0.15, 0.2) is 30.3 Å². The maximum Gasteiger partial charge on any atom is 0.259 e. The van der Waals surface area contributed by atoms with Crippen molar-refractivity contribution in [3.8, 4) is 0 Å². The number of amides is 1. The van der Waals surface area contributed by atoms with Crippen molar-refractivity contribution < 1.29 is 27.1 Å². The molecule has 2 heterocycles. The van der Waals surface area contributed by atoms with E-state index in [2.05, 4.69) is 0 Å². The molecule has 2 aromatic rings. The Kier molecular flexibility index (Phi) is 3.10. The molecule has 1 saturated heterocycles. The lowest BCUT2D eigenvalue weighted by Crippen LogP contribution is -2.68. The molecule has 130 valence electrons. The minimum Gasteiger partial charge on any atom is -0.349 e. The maximum absolute atomic E-state index is 14.6. The van der Waals surface area contributed by atoms with E-state index in [0.717, 1.165) is 4.90 Å². The van der Waals surface area contributed by atoms with Crippen molar-refractivity contribution in [2.45, 2.75) is 18.1 Å². The van der Waals surface area contributed by atoms with Crippen LogP contribution in [0.1, 0.15) is 28.4 Å². The molecule has 7 heteroatoms. The molecule has 25 heavy (non-hydrogen) atoms. The summed E-state index contributed by atoms with van der Waals surface area (Å²) in [6.45, 7) is 1.82. The summed E-state index contributed by atoms with van der Waals surface area (Å²) in [4.78, 5) is 13.5. The molecular formula is C18H13F4NO2. The second kappa shape index (κ2) is 4.82. The number of benzene rings is 2. The molecule has 1 spiro atoms. The highest BCUT2D eigenvalue weighted by Gasteiger charge is 2.69. The van der Waals surface area contributed by atoms with E-state index in [9.17, 15) is 22.4 Å². The Balaban J connectivity index is 2.06. The number of halogens is 4. The molecule has 1 amide bonds. The molecule has 3 nitrogen and oxygen atoms in total. The van der Waals surface area contributed by atoms with E-state index in [-0.39, 0.29) is 6.61 Å². The minimum atomic E-state index is -2.00. The number of rotatable bonds is 1. The van der Waals surface area contributed by atoms with Gasteiger partial charge in [-0.3, -0.25) is 4.79 Å². The summed E-state index contributed by atoms with van der Waals surface area (Å²) in [6.07, 6.45) is 0. The molecule has 2 aliphatic heterocycles. The Labute approximate surface area is 140 Å². The Bertz CT molecular complexity index is 917. The molecular weight excluding hydrogens is 338 g/mol. The smallest absolute Gasteiger partial charge is 0.259 e. The van der Waals surface area contributed by atoms with Crippen molar-refractivity contribution in [1.82, 2.24) is 4.90 Å². The highest BCUT2D eigenvalue weighted by molar-refractivity contribution is 6.00. The maximum atomic E-state index is 14.6. The zero-order valence-corrected chi connectivity index (χ0v) is 13.4. The number of nitrogens with zero attached hydrogens (tertiary/aromatic N) is 1. The van der Waals surface area contributed by atoms with Gasteiger partial charge in [-0.15, -0.1) is 0 Å². The van der Waals surface area contributed by atoms with Crippen molar-refractivity contribution in [2.75, 3.05) is 13.7 Å². The highest BCUT2D eigenvalue weighted by atomic mass is 19.2. The summed E-state index contributed by atoms with van der Waals surface area (Å²) in [5.74, 6) is -8.21. The van der Waals surface area contributed by atoms with E-state index in [1.165, 1.54) is 7.05 Å². The first-order valence-corrected chi connectivity index (χ1v) is 7.61. The SMILES string of the molecule is CN1C(=O)c2c(F)c(F)c(F)c(F)c2[C@@]12OC[C@]2(C)c1ccccc1. The van der Waals surface area contributed by atoms with Gasteiger partial charge in [-0.1, -0.05) is 30.3 Å². The zero-order chi connectivity index (χ0) is 18.1. The van der Waals surface area contributed by atoms with Crippen molar-refractivity contribution in [2.24, 2.45) is 0 Å². The molecule has 2 aliphatic rings. The summed E-state index contributed by atoms with van der Waals surface area (Å²) in [5, 5.41) is 0.